The Hall–Kier alpha value is -6.91. The molecule has 0 atom stereocenters. The van der Waals surface area contributed by atoms with Gasteiger partial charge >= 0.3 is 0 Å². The minimum atomic E-state index is 0.0600. The quantitative estimate of drug-likeness (QED) is 0.181. The topological polar surface area (TPSA) is 28.3 Å². The molecule has 2 aromatic heterocycles. The van der Waals surface area contributed by atoms with E-state index in [1.165, 1.54) is 54.3 Å². The van der Waals surface area contributed by atoms with E-state index in [-0.39, 0.29) is 13.4 Å². The van der Waals surface area contributed by atoms with E-state index in [9.17, 15) is 0 Å². The molecule has 0 spiro atoms. The highest BCUT2D eigenvalue weighted by molar-refractivity contribution is 6.97. The van der Waals surface area contributed by atoms with Crippen molar-refractivity contribution in [3.8, 4) is 23.0 Å². The fraction of sp³-hybridized carbons (Fsp3) is 0. The van der Waals surface area contributed by atoms with Gasteiger partial charge in [0.25, 0.3) is 13.4 Å². The highest BCUT2D eigenvalue weighted by atomic mass is 16.5. The van der Waals surface area contributed by atoms with Gasteiger partial charge in [0.05, 0.1) is 22.1 Å². The van der Waals surface area contributed by atoms with Crippen molar-refractivity contribution in [3.05, 3.63) is 182 Å². The van der Waals surface area contributed by atoms with E-state index in [0.717, 1.165) is 45.1 Å². The Labute approximate surface area is 312 Å². The summed E-state index contributed by atoms with van der Waals surface area (Å²) in [4.78, 5) is 0. The first kappa shape index (κ1) is 29.6. The molecule has 2 aliphatic heterocycles. The van der Waals surface area contributed by atoms with Crippen molar-refractivity contribution in [3.63, 3.8) is 0 Å². The van der Waals surface area contributed by atoms with Crippen molar-refractivity contribution in [1.29, 1.82) is 0 Å². The first-order valence-corrected chi connectivity index (χ1v) is 18.6. The summed E-state index contributed by atoms with van der Waals surface area (Å²) in [5, 5.41) is 4.90. The first-order valence-electron chi connectivity index (χ1n) is 18.6. The number of para-hydroxylation sites is 6. The third kappa shape index (κ3) is 4.16. The molecule has 12 rings (SSSR count). The van der Waals surface area contributed by atoms with Crippen LogP contribution in [0, 0.1) is 0 Å². The monoisotopic (exact) mass is 688 g/mol. The van der Waals surface area contributed by atoms with E-state index in [1.54, 1.807) is 0 Å². The number of aromatic nitrogens is 2. The Bertz CT molecular complexity index is 2860. The van der Waals surface area contributed by atoms with Crippen LogP contribution in [-0.4, -0.2) is 22.8 Å². The molecule has 10 aromatic rings. The van der Waals surface area contributed by atoms with Gasteiger partial charge in [-0.05, 0) is 70.4 Å². The minimum Gasteiger partial charge on any atom is -0.458 e. The summed E-state index contributed by atoms with van der Waals surface area (Å²) in [5.41, 5.74) is 11.9. The molecule has 0 radical (unpaired) electrons. The highest BCUT2D eigenvalue weighted by Gasteiger charge is 2.34. The molecule has 250 valence electrons. The lowest BCUT2D eigenvalue weighted by molar-refractivity contribution is 0.487. The number of ether oxygens (including phenoxy) is 2. The lowest BCUT2D eigenvalue weighted by Crippen LogP contribution is -2.54. The lowest BCUT2D eigenvalue weighted by atomic mass is 9.36. The molecule has 54 heavy (non-hydrogen) atoms. The Balaban J connectivity index is 1.09. The van der Waals surface area contributed by atoms with Crippen molar-refractivity contribution in [2.75, 3.05) is 0 Å². The molecular weight excluding hydrogens is 658 g/mol. The zero-order valence-electron chi connectivity index (χ0n) is 29.2. The number of fused-ring (bicyclic) bond motifs is 10. The van der Waals surface area contributed by atoms with Crippen LogP contribution in [0.3, 0.4) is 0 Å². The molecule has 0 bridgehead atoms. The molecule has 0 N–H and O–H groups in total. The Kier molecular flexibility index (Phi) is 6.20. The van der Waals surface area contributed by atoms with Crippen molar-refractivity contribution in [1.82, 2.24) is 9.35 Å². The molecule has 0 amide bonds. The molecule has 8 aromatic carbocycles. The summed E-state index contributed by atoms with van der Waals surface area (Å²) in [7, 11) is 0. The van der Waals surface area contributed by atoms with Crippen LogP contribution < -0.4 is 42.3 Å². The van der Waals surface area contributed by atoms with Gasteiger partial charge in [0.1, 0.15) is 23.0 Å². The molecule has 4 nitrogen and oxygen atoms in total. The predicted molar refractivity (Wildman–Crippen MR) is 225 cm³/mol. The highest BCUT2D eigenvalue weighted by Crippen LogP contribution is 2.35. The van der Waals surface area contributed by atoms with Gasteiger partial charge in [-0.2, -0.15) is 0 Å². The van der Waals surface area contributed by atoms with E-state index < -0.39 is 0 Å². The summed E-state index contributed by atoms with van der Waals surface area (Å²) in [5.74, 6) is 3.67. The van der Waals surface area contributed by atoms with Crippen LogP contribution >= 0.6 is 0 Å². The molecule has 0 saturated carbocycles. The maximum absolute atomic E-state index is 6.39. The van der Waals surface area contributed by atoms with E-state index in [2.05, 4.69) is 191 Å². The van der Waals surface area contributed by atoms with Crippen LogP contribution in [0.2, 0.25) is 0 Å². The number of rotatable bonds is 3. The molecule has 6 heteroatoms. The summed E-state index contributed by atoms with van der Waals surface area (Å²) >= 11 is 0. The van der Waals surface area contributed by atoms with Crippen LogP contribution in [-0.2, 0) is 0 Å². The fourth-order valence-electron chi connectivity index (χ4n) is 9.27. The zero-order chi connectivity index (χ0) is 35.3. The van der Waals surface area contributed by atoms with Gasteiger partial charge in [-0.25, -0.2) is 9.35 Å². The molecule has 4 heterocycles. The van der Waals surface area contributed by atoms with Crippen molar-refractivity contribution in [2.24, 2.45) is 0 Å². The average molecular weight is 688 g/mol. The zero-order valence-corrected chi connectivity index (χ0v) is 29.2. The molecule has 0 aliphatic carbocycles. The summed E-state index contributed by atoms with van der Waals surface area (Å²) < 4.78 is 17.6. The average Bonchev–Trinajstić information content (AvgIpc) is 3.73. The number of hydrogen-bond acceptors (Lipinski definition) is 2. The molecule has 0 fully saturated rings. The molecular formula is C48H30B2N2O2. The first-order chi connectivity index (χ1) is 26.8. The van der Waals surface area contributed by atoms with Gasteiger partial charge < -0.3 is 9.47 Å². The van der Waals surface area contributed by atoms with Gasteiger partial charge in [-0.1, -0.05) is 144 Å². The van der Waals surface area contributed by atoms with Gasteiger partial charge in [-0.3, -0.25) is 0 Å². The van der Waals surface area contributed by atoms with E-state index in [0.29, 0.717) is 0 Å². The van der Waals surface area contributed by atoms with Crippen LogP contribution in [0.1, 0.15) is 0 Å². The maximum Gasteiger partial charge on any atom is 0.250 e. The number of nitrogens with zero attached hydrogens (tertiary/aromatic N) is 2. The Morgan fingerprint density at radius 2 is 0.611 bits per heavy atom. The van der Waals surface area contributed by atoms with E-state index >= 15 is 0 Å². The van der Waals surface area contributed by atoms with Gasteiger partial charge in [-0.15, -0.1) is 0 Å². The lowest BCUT2D eigenvalue weighted by Gasteiger charge is -2.26. The second-order valence-corrected chi connectivity index (χ2v) is 14.4. The van der Waals surface area contributed by atoms with Crippen LogP contribution in [0.4, 0.5) is 0 Å². The SMILES string of the molecule is c1ccc2c(c1)Oc1ccccc1B2c1ccc2c(c1)c1ccccc1n2-n1c2ccccc2c2cc(B3c4ccccc4Oc4ccccc43)ccc21. The largest absolute Gasteiger partial charge is 0.458 e. The second-order valence-electron chi connectivity index (χ2n) is 14.4. The Morgan fingerprint density at radius 1 is 0.296 bits per heavy atom. The summed E-state index contributed by atoms with van der Waals surface area (Å²) in [6, 6.07) is 65.5. The van der Waals surface area contributed by atoms with Crippen LogP contribution in [0.5, 0.6) is 23.0 Å². The van der Waals surface area contributed by atoms with Gasteiger partial charge in [0, 0.05) is 21.5 Å². The van der Waals surface area contributed by atoms with Crippen molar-refractivity contribution < 1.29 is 9.47 Å². The van der Waals surface area contributed by atoms with Crippen molar-refractivity contribution in [2.45, 2.75) is 0 Å². The summed E-state index contributed by atoms with van der Waals surface area (Å²) in [6.45, 7) is 0.120. The third-order valence-electron chi connectivity index (χ3n) is 11.6. The van der Waals surface area contributed by atoms with Crippen molar-refractivity contribution >= 4 is 89.8 Å². The Morgan fingerprint density at radius 3 is 1.00 bits per heavy atom. The van der Waals surface area contributed by atoms with Gasteiger partial charge in [0.2, 0.25) is 0 Å². The van der Waals surface area contributed by atoms with Crippen LogP contribution in [0.25, 0.3) is 43.6 Å². The van der Waals surface area contributed by atoms with Crippen LogP contribution in [0.15, 0.2) is 182 Å². The second kappa shape index (κ2) is 11.3. The minimum absolute atomic E-state index is 0.0600. The standard InChI is InChI=1S/C48H30B2N2O2/c1-7-19-41-33(13-1)35-29-31(49-37-15-3-9-21-45(37)53-46-22-10-4-16-38(46)49)25-27-43(35)51(41)52-42-20-8-2-14-34(42)36-30-32(26-28-44(36)52)50-39-17-5-11-23-47(39)54-48-24-12-6-18-40(48)50/h1-30H. The summed E-state index contributed by atoms with van der Waals surface area (Å²) in [6.07, 6.45) is 0. The number of hydrogen-bond donors (Lipinski definition) is 0. The van der Waals surface area contributed by atoms with E-state index in [1.807, 2.05) is 0 Å². The molecule has 2 aliphatic rings. The fourth-order valence-corrected chi connectivity index (χ4v) is 9.27. The predicted octanol–water partition coefficient (Wildman–Crippen LogP) is 7.46. The number of benzene rings is 8. The smallest absolute Gasteiger partial charge is 0.250 e. The van der Waals surface area contributed by atoms with E-state index in [4.69, 9.17) is 9.47 Å². The molecule has 0 unspecified atom stereocenters. The maximum atomic E-state index is 6.39. The molecule has 0 saturated heterocycles. The van der Waals surface area contributed by atoms with Gasteiger partial charge in [0.15, 0.2) is 0 Å². The third-order valence-corrected chi connectivity index (χ3v) is 11.6. The normalized spacial score (nSPS) is 13.0.